The molecule has 14 rings (SSSR count). The van der Waals surface area contributed by atoms with Gasteiger partial charge in [-0.3, -0.25) is 39.8 Å². The molecule has 2 amide bonds. The summed E-state index contributed by atoms with van der Waals surface area (Å²) < 4.78 is 40.4. The van der Waals surface area contributed by atoms with Crippen molar-refractivity contribution in [3.8, 4) is 40.2 Å². The van der Waals surface area contributed by atoms with Crippen LogP contribution in [0, 0.1) is 26.0 Å². The standard InChI is InChI=1S/C25H20N2O5.C15H10N2O3.C15H16N2O.C9H7NO.C6H4FNO2.CH4.B/c28-24(21-8-3-15-30-21)26-18-10-12-19(13-11-18)32-20-7-1-5-17-6-2-14-27(23(17)20)25(29)22-9-4-16-31-22;18-17(19)12-6-8-13(9-7-12)20-14-5-1-3-11-4-2-10-16-15(11)14;16-12-6-8-13(9-7-12)18-14-5-1-3-11-4-2-10-17-15(11)14;11-8-5-1-3-7-4-2-6-10-9(7)8;7-5-1-3-6(4-2-5)8(9)10;;/h1,3-5,7-13,15-16H,2,6,14H2,(H,26,28);1-10H;1,3,5-9,17H,2,4,10,16H2;1-6,11H;1-4H;1H4;. The molecule has 0 fully saturated rings. The minimum atomic E-state index is -0.570. The van der Waals surface area contributed by atoms with Crippen LogP contribution in [0.15, 0.2) is 252 Å². The lowest BCUT2D eigenvalue weighted by atomic mass is 10.0. The summed E-state index contributed by atoms with van der Waals surface area (Å²) in [7, 11) is 0. The zero-order chi connectivity index (χ0) is 63.5. The van der Waals surface area contributed by atoms with Crippen LogP contribution < -0.4 is 35.5 Å². The number of amides is 2. The molecule has 22 heteroatoms. The number of pyridine rings is 2. The van der Waals surface area contributed by atoms with Crippen LogP contribution in [0.2, 0.25) is 0 Å². The molecule has 20 nitrogen and oxygen atoms in total. The first-order valence-electron chi connectivity index (χ1n) is 28.5. The molecule has 6 heterocycles. The molecule has 8 aromatic carbocycles. The van der Waals surface area contributed by atoms with Gasteiger partial charge in [-0.25, -0.2) is 4.39 Å². The van der Waals surface area contributed by atoms with Gasteiger partial charge in [-0.2, -0.15) is 0 Å². The van der Waals surface area contributed by atoms with Crippen molar-refractivity contribution >= 4 is 76.2 Å². The third-order valence-corrected chi connectivity index (χ3v) is 13.9. The molecule has 0 unspecified atom stereocenters. The number of nitro benzene ring substituents is 2. The Labute approximate surface area is 535 Å². The van der Waals surface area contributed by atoms with Crippen molar-refractivity contribution in [1.82, 2.24) is 9.97 Å². The number of nitrogens with one attached hydrogen (secondary N) is 2. The summed E-state index contributed by atoms with van der Waals surface area (Å²) in [6, 6.07) is 62.0. The number of benzene rings is 8. The summed E-state index contributed by atoms with van der Waals surface area (Å²) in [6.45, 7) is 1.60. The fourth-order valence-corrected chi connectivity index (χ4v) is 9.57. The van der Waals surface area contributed by atoms with Gasteiger partial charge in [0.25, 0.3) is 23.2 Å². The zero-order valence-electron chi connectivity index (χ0n) is 49.0. The molecule has 467 valence electrons. The van der Waals surface area contributed by atoms with Crippen LogP contribution in [0.3, 0.4) is 0 Å². The number of aromatic nitrogens is 2. The van der Waals surface area contributed by atoms with Crippen LogP contribution in [-0.4, -0.2) is 58.2 Å². The number of nitro groups is 2. The van der Waals surface area contributed by atoms with Crippen molar-refractivity contribution in [2.24, 2.45) is 0 Å². The second-order valence-electron chi connectivity index (χ2n) is 20.1. The van der Waals surface area contributed by atoms with E-state index in [4.69, 9.17) is 28.8 Å². The molecule has 0 saturated heterocycles. The first-order chi connectivity index (χ1) is 44.3. The summed E-state index contributed by atoms with van der Waals surface area (Å²) in [5, 5.41) is 38.0. The Morgan fingerprint density at radius 2 is 1.09 bits per heavy atom. The van der Waals surface area contributed by atoms with E-state index in [0.29, 0.717) is 46.5 Å². The Bertz CT molecular complexity index is 4420. The second kappa shape index (κ2) is 32.2. The number of furan rings is 2. The van der Waals surface area contributed by atoms with Gasteiger partial charge in [0.15, 0.2) is 28.8 Å². The van der Waals surface area contributed by atoms with E-state index in [2.05, 4.69) is 26.7 Å². The van der Waals surface area contributed by atoms with Gasteiger partial charge in [-0.15, -0.1) is 0 Å². The van der Waals surface area contributed by atoms with Gasteiger partial charge < -0.3 is 49.4 Å². The molecule has 0 atom stereocenters. The highest BCUT2D eigenvalue weighted by Crippen LogP contribution is 2.40. The van der Waals surface area contributed by atoms with E-state index < -0.39 is 15.7 Å². The van der Waals surface area contributed by atoms with Gasteiger partial charge in [0, 0.05) is 80.3 Å². The number of carbonyl (C=O) groups is 2. The number of ether oxygens (including phenoxy) is 3. The lowest BCUT2D eigenvalue weighted by molar-refractivity contribution is -0.385. The Morgan fingerprint density at radius 1 is 0.581 bits per heavy atom. The maximum atomic E-state index is 13.0. The lowest BCUT2D eigenvalue weighted by Gasteiger charge is -2.30. The molecule has 12 aromatic rings. The van der Waals surface area contributed by atoms with Crippen LogP contribution in [-0.2, 0) is 12.8 Å². The number of non-ortho nitro benzene ring substituents is 2. The number of anilines is 4. The highest BCUT2D eigenvalue weighted by Gasteiger charge is 2.29. The number of para-hydroxylation sites is 4. The average molecular weight is 1250 g/mol. The monoisotopic (exact) mass is 1250 g/mol. The number of carbonyl (C=O) groups excluding carboxylic acids is 2. The Kier molecular flexibility index (Phi) is 23.1. The largest absolute Gasteiger partial charge is 0.506 e. The van der Waals surface area contributed by atoms with E-state index in [-0.39, 0.29) is 50.5 Å². The highest BCUT2D eigenvalue weighted by molar-refractivity contribution is 6.06. The number of aromatic hydroxyl groups is 1. The summed E-state index contributed by atoms with van der Waals surface area (Å²) in [6.07, 6.45) is 10.3. The zero-order valence-corrected chi connectivity index (χ0v) is 49.0. The highest BCUT2D eigenvalue weighted by atomic mass is 19.1. The number of halogens is 1. The number of phenolic OH excluding ortho intramolecular Hbond substituents is 1. The topological polar surface area (TPSA) is 274 Å². The molecule has 5 N–H and O–H groups in total. The number of rotatable bonds is 11. The maximum Gasteiger partial charge on any atom is 0.294 e. The average Bonchev–Trinajstić information content (AvgIpc) is 1.64. The van der Waals surface area contributed by atoms with E-state index in [9.17, 15) is 39.3 Å². The predicted octanol–water partition coefficient (Wildman–Crippen LogP) is 16.8. The van der Waals surface area contributed by atoms with E-state index in [0.717, 1.165) is 100 Å². The normalized spacial score (nSPS) is 11.5. The van der Waals surface area contributed by atoms with Crippen LogP contribution >= 0.6 is 0 Å². The van der Waals surface area contributed by atoms with Crippen molar-refractivity contribution in [3.63, 3.8) is 0 Å². The van der Waals surface area contributed by atoms with E-state index in [1.54, 1.807) is 90.1 Å². The van der Waals surface area contributed by atoms with Gasteiger partial charge >= 0.3 is 0 Å². The Balaban J connectivity index is 0.000000158. The van der Waals surface area contributed by atoms with Crippen molar-refractivity contribution in [2.45, 2.75) is 33.1 Å². The van der Waals surface area contributed by atoms with Crippen LogP contribution in [0.1, 0.15) is 52.5 Å². The van der Waals surface area contributed by atoms with Crippen LogP contribution in [0.5, 0.6) is 40.2 Å². The van der Waals surface area contributed by atoms with Crippen molar-refractivity contribution < 1.29 is 52.0 Å². The summed E-state index contributed by atoms with van der Waals surface area (Å²) in [5.74, 6) is 3.82. The van der Waals surface area contributed by atoms with Crippen molar-refractivity contribution in [3.05, 3.63) is 292 Å². The van der Waals surface area contributed by atoms with Gasteiger partial charge in [0.1, 0.15) is 39.8 Å². The van der Waals surface area contributed by atoms with Crippen LogP contribution in [0.4, 0.5) is 38.5 Å². The van der Waals surface area contributed by atoms with E-state index >= 15 is 0 Å². The van der Waals surface area contributed by atoms with E-state index in [1.807, 2.05) is 103 Å². The number of phenols is 1. The molecular formula is C71H61BFN8O12. The molecule has 0 spiro atoms. The van der Waals surface area contributed by atoms with Gasteiger partial charge in [0.05, 0.1) is 33.7 Å². The van der Waals surface area contributed by atoms with Gasteiger partial charge in [-0.05, 0) is 170 Å². The first kappa shape index (κ1) is 66.6. The molecule has 2 aliphatic rings. The summed E-state index contributed by atoms with van der Waals surface area (Å²) in [4.78, 5) is 54.7. The Morgan fingerprint density at radius 3 is 1.71 bits per heavy atom. The molecule has 0 bridgehead atoms. The number of fused-ring (bicyclic) bond motifs is 4. The van der Waals surface area contributed by atoms with Crippen molar-refractivity contribution in [1.29, 1.82) is 0 Å². The number of nitrogens with zero attached hydrogens (tertiary/aromatic N) is 5. The molecule has 0 aliphatic carbocycles. The fourth-order valence-electron chi connectivity index (χ4n) is 9.57. The molecule has 4 aromatic heterocycles. The number of hydrogen-bond donors (Lipinski definition) is 4. The molecular weight excluding hydrogens is 1190 g/mol. The van der Waals surface area contributed by atoms with Crippen molar-refractivity contribution in [2.75, 3.05) is 34.4 Å². The second-order valence-corrected chi connectivity index (χ2v) is 20.1. The minimum absolute atomic E-state index is 0. The van der Waals surface area contributed by atoms with E-state index in [1.165, 1.54) is 36.6 Å². The Hall–Kier alpha value is -12.3. The number of aryl methyl sites for hydroxylation is 2. The maximum absolute atomic E-state index is 13.0. The number of hydrogen-bond acceptors (Lipinski definition) is 16. The first-order valence-corrected chi connectivity index (χ1v) is 28.5. The SMILES string of the molecule is C.Nc1ccc(Oc2cccc3c2NCCC3)cc1.O=C(Nc1ccc(Oc2cccc3c2N(C(=O)c2ccco2)CCC3)cc1)c1ccco1.O=[N+]([O-])c1ccc(F)cc1.O=[N+]([O-])c1ccc(Oc2cccc3cccnc23)cc1.Oc1cccc2cccnc12.[B]. The minimum Gasteiger partial charge on any atom is -0.506 e. The number of nitrogen functional groups attached to an aromatic ring is 1. The molecule has 3 radical (unpaired) electrons. The third-order valence-electron chi connectivity index (χ3n) is 13.9. The van der Waals surface area contributed by atoms with Gasteiger partial charge in [0.2, 0.25) is 0 Å². The summed E-state index contributed by atoms with van der Waals surface area (Å²) >= 11 is 0. The molecule has 2 aliphatic heterocycles. The molecule has 93 heavy (non-hydrogen) atoms. The summed E-state index contributed by atoms with van der Waals surface area (Å²) in [5.41, 5.74) is 12.6. The quantitative estimate of drug-likeness (QED) is 0.0405. The van der Waals surface area contributed by atoms with Gasteiger partial charge in [-0.1, -0.05) is 68.1 Å². The number of nitrogens with two attached hydrogens (primary N) is 1. The van der Waals surface area contributed by atoms with Crippen LogP contribution in [0.25, 0.3) is 21.8 Å². The fraction of sp³-hybridized carbons (Fsp3) is 0.0986. The smallest absolute Gasteiger partial charge is 0.294 e. The predicted molar refractivity (Wildman–Crippen MR) is 356 cm³/mol. The molecule has 0 saturated carbocycles. The third kappa shape index (κ3) is 17.7. The lowest BCUT2D eigenvalue weighted by Crippen LogP contribution is -2.35.